The topological polar surface area (TPSA) is 109 Å². The SMILES string of the molecule is CNc1nc(CNC(=O)Nc2cccc([N+](=O)[O-])c2)cs1. The van der Waals surface area contributed by atoms with Gasteiger partial charge in [0.2, 0.25) is 0 Å². The number of urea groups is 1. The average molecular weight is 307 g/mol. The van der Waals surface area contributed by atoms with E-state index in [1.54, 1.807) is 13.1 Å². The number of carbonyl (C=O) groups excluding carboxylic acids is 1. The summed E-state index contributed by atoms with van der Waals surface area (Å²) in [6.07, 6.45) is 0. The first kappa shape index (κ1) is 14.7. The van der Waals surface area contributed by atoms with Crippen molar-refractivity contribution in [3.63, 3.8) is 0 Å². The molecule has 0 bridgehead atoms. The minimum absolute atomic E-state index is 0.0778. The maximum Gasteiger partial charge on any atom is 0.319 e. The molecule has 0 aliphatic rings. The molecule has 0 aliphatic carbocycles. The molecule has 1 aromatic heterocycles. The molecule has 0 radical (unpaired) electrons. The van der Waals surface area contributed by atoms with E-state index < -0.39 is 11.0 Å². The van der Waals surface area contributed by atoms with E-state index in [2.05, 4.69) is 20.9 Å². The van der Waals surface area contributed by atoms with E-state index in [0.717, 1.165) is 10.8 Å². The molecule has 0 saturated carbocycles. The molecule has 21 heavy (non-hydrogen) atoms. The second-order valence-electron chi connectivity index (χ2n) is 4.01. The van der Waals surface area contributed by atoms with E-state index in [1.807, 2.05) is 5.38 Å². The lowest BCUT2D eigenvalue weighted by Gasteiger charge is -2.06. The Morgan fingerprint density at radius 3 is 2.95 bits per heavy atom. The molecule has 2 rings (SSSR count). The van der Waals surface area contributed by atoms with Gasteiger partial charge < -0.3 is 16.0 Å². The van der Waals surface area contributed by atoms with E-state index in [-0.39, 0.29) is 12.2 Å². The Bertz CT molecular complexity index is 658. The van der Waals surface area contributed by atoms with Crippen LogP contribution in [0.25, 0.3) is 0 Å². The molecule has 9 heteroatoms. The number of nitro groups is 1. The lowest BCUT2D eigenvalue weighted by molar-refractivity contribution is -0.384. The van der Waals surface area contributed by atoms with Gasteiger partial charge in [0.05, 0.1) is 17.2 Å². The van der Waals surface area contributed by atoms with Crippen LogP contribution in [-0.4, -0.2) is 23.0 Å². The van der Waals surface area contributed by atoms with Crippen molar-refractivity contribution in [1.82, 2.24) is 10.3 Å². The maximum atomic E-state index is 11.7. The van der Waals surface area contributed by atoms with Gasteiger partial charge in [-0.2, -0.15) is 0 Å². The second kappa shape index (κ2) is 6.66. The summed E-state index contributed by atoms with van der Waals surface area (Å²) in [5, 5.41) is 21.3. The zero-order valence-electron chi connectivity index (χ0n) is 11.1. The fraction of sp³-hybridized carbons (Fsp3) is 0.167. The Kier molecular flexibility index (Phi) is 4.67. The molecule has 3 N–H and O–H groups in total. The predicted molar refractivity (Wildman–Crippen MR) is 80.6 cm³/mol. The van der Waals surface area contributed by atoms with Crippen LogP contribution in [0.5, 0.6) is 0 Å². The highest BCUT2D eigenvalue weighted by molar-refractivity contribution is 7.13. The van der Waals surface area contributed by atoms with E-state index >= 15 is 0 Å². The number of non-ortho nitro benzene ring substituents is 1. The van der Waals surface area contributed by atoms with Crippen molar-refractivity contribution in [3.8, 4) is 0 Å². The van der Waals surface area contributed by atoms with Gasteiger partial charge in [-0.1, -0.05) is 6.07 Å². The first-order chi connectivity index (χ1) is 10.1. The number of hydrogen-bond acceptors (Lipinski definition) is 6. The number of nitrogens with zero attached hydrogens (tertiary/aromatic N) is 2. The van der Waals surface area contributed by atoms with Crippen molar-refractivity contribution >= 4 is 33.9 Å². The number of carbonyl (C=O) groups is 1. The highest BCUT2D eigenvalue weighted by Crippen LogP contribution is 2.17. The van der Waals surface area contributed by atoms with Crippen LogP contribution < -0.4 is 16.0 Å². The minimum atomic E-state index is -0.516. The van der Waals surface area contributed by atoms with Crippen LogP contribution in [0.4, 0.5) is 21.3 Å². The molecule has 2 amide bonds. The zero-order valence-corrected chi connectivity index (χ0v) is 11.9. The number of hydrogen-bond donors (Lipinski definition) is 3. The predicted octanol–water partition coefficient (Wildman–Crippen LogP) is 2.41. The number of amides is 2. The summed E-state index contributed by atoms with van der Waals surface area (Å²) in [5.74, 6) is 0. The lowest BCUT2D eigenvalue weighted by Crippen LogP contribution is -2.28. The summed E-state index contributed by atoms with van der Waals surface area (Å²) in [6.45, 7) is 0.277. The Balaban J connectivity index is 1.89. The fourth-order valence-electron chi connectivity index (χ4n) is 1.55. The molecule has 1 heterocycles. The second-order valence-corrected chi connectivity index (χ2v) is 4.87. The number of anilines is 2. The largest absolute Gasteiger partial charge is 0.365 e. The normalized spacial score (nSPS) is 9.95. The number of aromatic nitrogens is 1. The van der Waals surface area contributed by atoms with Crippen LogP contribution in [0, 0.1) is 10.1 Å². The summed E-state index contributed by atoms with van der Waals surface area (Å²) in [7, 11) is 1.77. The summed E-state index contributed by atoms with van der Waals surface area (Å²) in [6, 6.07) is 5.29. The first-order valence-corrected chi connectivity index (χ1v) is 6.88. The van der Waals surface area contributed by atoms with Gasteiger partial charge in [-0.05, 0) is 6.07 Å². The maximum absolute atomic E-state index is 11.7. The van der Waals surface area contributed by atoms with E-state index in [0.29, 0.717) is 5.69 Å². The molecule has 8 nitrogen and oxygen atoms in total. The van der Waals surface area contributed by atoms with Gasteiger partial charge in [0.15, 0.2) is 5.13 Å². The molecule has 0 aliphatic heterocycles. The molecular formula is C12H13N5O3S. The fourth-order valence-corrected chi connectivity index (χ4v) is 2.22. The molecular weight excluding hydrogens is 294 g/mol. The van der Waals surface area contributed by atoms with Crippen molar-refractivity contribution in [3.05, 3.63) is 45.5 Å². The smallest absolute Gasteiger partial charge is 0.319 e. The van der Waals surface area contributed by atoms with Gasteiger partial charge in [-0.25, -0.2) is 9.78 Å². The van der Waals surface area contributed by atoms with E-state index in [9.17, 15) is 14.9 Å². The number of nitrogens with one attached hydrogen (secondary N) is 3. The van der Waals surface area contributed by atoms with Gasteiger partial charge >= 0.3 is 6.03 Å². The van der Waals surface area contributed by atoms with Crippen LogP contribution in [0.1, 0.15) is 5.69 Å². The molecule has 0 spiro atoms. The van der Waals surface area contributed by atoms with Crippen LogP contribution in [0.2, 0.25) is 0 Å². The lowest BCUT2D eigenvalue weighted by atomic mass is 10.3. The third kappa shape index (κ3) is 4.14. The van der Waals surface area contributed by atoms with Gasteiger partial charge in [0.1, 0.15) is 0 Å². The highest BCUT2D eigenvalue weighted by atomic mass is 32.1. The van der Waals surface area contributed by atoms with Crippen LogP contribution in [-0.2, 0) is 6.54 Å². The van der Waals surface area contributed by atoms with E-state index in [1.165, 1.54) is 29.5 Å². The highest BCUT2D eigenvalue weighted by Gasteiger charge is 2.08. The summed E-state index contributed by atoms with van der Waals surface area (Å²) in [4.78, 5) is 26.1. The number of benzene rings is 1. The molecule has 1 aromatic carbocycles. The standard InChI is InChI=1S/C12H13N5O3S/c1-13-12-16-9(7-21-12)6-14-11(18)15-8-3-2-4-10(5-8)17(19)20/h2-5,7H,6H2,1H3,(H,13,16)(H2,14,15,18). The summed E-state index contributed by atoms with van der Waals surface area (Å²) < 4.78 is 0. The quantitative estimate of drug-likeness (QED) is 0.580. The van der Waals surface area contributed by atoms with Crippen molar-refractivity contribution in [2.24, 2.45) is 0 Å². The molecule has 0 unspecified atom stereocenters. The average Bonchev–Trinajstić information content (AvgIpc) is 2.93. The van der Waals surface area contributed by atoms with Crippen molar-refractivity contribution in [2.45, 2.75) is 6.54 Å². The summed E-state index contributed by atoms with van der Waals surface area (Å²) >= 11 is 1.44. The van der Waals surface area contributed by atoms with Crippen LogP contribution in [0.15, 0.2) is 29.6 Å². The van der Waals surface area contributed by atoms with Crippen LogP contribution in [0.3, 0.4) is 0 Å². The number of nitro benzene ring substituents is 1. The first-order valence-electron chi connectivity index (χ1n) is 6.00. The molecule has 0 saturated heterocycles. The Labute approximate surface area is 124 Å². The van der Waals surface area contributed by atoms with Crippen molar-refractivity contribution < 1.29 is 9.72 Å². The van der Waals surface area contributed by atoms with Crippen molar-refractivity contribution in [2.75, 3.05) is 17.7 Å². The van der Waals surface area contributed by atoms with E-state index in [4.69, 9.17) is 0 Å². The van der Waals surface area contributed by atoms with Gasteiger partial charge in [0.25, 0.3) is 5.69 Å². The van der Waals surface area contributed by atoms with Gasteiger partial charge in [-0.15, -0.1) is 11.3 Å². The Hall–Kier alpha value is -2.68. The monoisotopic (exact) mass is 307 g/mol. The molecule has 2 aromatic rings. The van der Waals surface area contributed by atoms with Crippen LogP contribution >= 0.6 is 11.3 Å². The zero-order chi connectivity index (χ0) is 15.2. The van der Waals surface area contributed by atoms with Crippen molar-refractivity contribution in [1.29, 1.82) is 0 Å². The third-order valence-electron chi connectivity index (χ3n) is 2.51. The number of thiazole rings is 1. The number of rotatable bonds is 5. The molecule has 0 atom stereocenters. The minimum Gasteiger partial charge on any atom is -0.365 e. The van der Waals surface area contributed by atoms with Gasteiger partial charge in [0, 0.05) is 30.2 Å². The Morgan fingerprint density at radius 1 is 1.48 bits per heavy atom. The summed E-state index contributed by atoms with van der Waals surface area (Å²) in [5.41, 5.74) is 1.01. The molecule has 0 fully saturated rings. The Morgan fingerprint density at radius 2 is 2.29 bits per heavy atom. The third-order valence-corrected chi connectivity index (χ3v) is 3.42. The van der Waals surface area contributed by atoms with Gasteiger partial charge in [-0.3, -0.25) is 10.1 Å². The molecule has 110 valence electrons.